The number of rotatable bonds is 7. The van der Waals surface area contributed by atoms with Gasteiger partial charge in [-0.05, 0) is 31.7 Å². The number of carbonyl (C=O) groups excluding carboxylic acids is 1. The molecule has 1 unspecified atom stereocenters. The van der Waals surface area contributed by atoms with E-state index in [0.717, 1.165) is 31.8 Å². The van der Waals surface area contributed by atoms with Gasteiger partial charge in [-0.1, -0.05) is 26.7 Å². The van der Waals surface area contributed by atoms with Crippen molar-refractivity contribution in [1.29, 1.82) is 0 Å². The first-order valence-electron chi connectivity index (χ1n) is 6.68. The van der Waals surface area contributed by atoms with E-state index < -0.39 is 0 Å². The fourth-order valence-electron chi connectivity index (χ4n) is 2.13. The van der Waals surface area contributed by atoms with Gasteiger partial charge < -0.3 is 10.6 Å². The van der Waals surface area contributed by atoms with Crippen LogP contribution in [0, 0.1) is 5.92 Å². The van der Waals surface area contributed by atoms with E-state index in [4.69, 9.17) is 0 Å². The zero-order valence-corrected chi connectivity index (χ0v) is 10.7. The Morgan fingerprint density at radius 2 is 2.25 bits per heavy atom. The molecule has 1 heterocycles. The molecular weight excluding hydrogens is 200 g/mol. The van der Waals surface area contributed by atoms with Gasteiger partial charge in [-0.25, -0.2) is 0 Å². The van der Waals surface area contributed by atoms with Crippen LogP contribution in [0.1, 0.15) is 52.4 Å². The average Bonchev–Trinajstić information content (AvgIpc) is 2.69. The smallest absolute Gasteiger partial charge is 0.221 e. The maximum atomic E-state index is 11.5. The van der Waals surface area contributed by atoms with Crippen LogP contribution in [0.25, 0.3) is 0 Å². The lowest BCUT2D eigenvalue weighted by Crippen LogP contribution is -2.32. The maximum Gasteiger partial charge on any atom is 0.221 e. The first-order chi connectivity index (χ1) is 7.68. The third kappa shape index (κ3) is 6.11. The molecule has 0 aliphatic carbocycles. The highest BCUT2D eigenvalue weighted by molar-refractivity contribution is 5.76. The van der Waals surface area contributed by atoms with Crippen molar-refractivity contribution in [2.45, 2.75) is 58.4 Å². The molecule has 16 heavy (non-hydrogen) atoms. The largest absolute Gasteiger partial charge is 0.356 e. The van der Waals surface area contributed by atoms with Crippen LogP contribution in [-0.4, -0.2) is 25.0 Å². The average molecular weight is 226 g/mol. The monoisotopic (exact) mass is 226 g/mol. The Kier molecular flexibility index (Phi) is 6.46. The Morgan fingerprint density at radius 3 is 2.88 bits per heavy atom. The molecule has 0 spiro atoms. The molecule has 1 aliphatic rings. The third-order valence-electron chi connectivity index (χ3n) is 3.12. The van der Waals surface area contributed by atoms with E-state index in [-0.39, 0.29) is 5.91 Å². The molecule has 1 rings (SSSR count). The van der Waals surface area contributed by atoms with E-state index >= 15 is 0 Å². The predicted molar refractivity (Wildman–Crippen MR) is 67.3 cm³/mol. The minimum absolute atomic E-state index is 0.212. The second-order valence-corrected chi connectivity index (χ2v) is 5.24. The van der Waals surface area contributed by atoms with Crippen LogP contribution in [0.3, 0.4) is 0 Å². The van der Waals surface area contributed by atoms with Gasteiger partial charge in [-0.2, -0.15) is 0 Å². The summed E-state index contributed by atoms with van der Waals surface area (Å²) in [5, 5.41) is 6.35. The van der Waals surface area contributed by atoms with Gasteiger partial charge >= 0.3 is 0 Å². The fraction of sp³-hybridized carbons (Fsp3) is 0.923. The van der Waals surface area contributed by atoms with E-state index in [1.165, 1.54) is 19.3 Å². The summed E-state index contributed by atoms with van der Waals surface area (Å²) in [6.45, 7) is 6.40. The summed E-state index contributed by atoms with van der Waals surface area (Å²) in [5.74, 6) is 0.988. The Hall–Kier alpha value is -0.570. The van der Waals surface area contributed by atoms with Gasteiger partial charge in [-0.3, -0.25) is 4.79 Å². The van der Waals surface area contributed by atoms with E-state index in [9.17, 15) is 4.79 Å². The molecule has 3 nitrogen and oxygen atoms in total. The molecule has 0 radical (unpaired) electrons. The Labute approximate surface area is 99.4 Å². The van der Waals surface area contributed by atoms with E-state index in [2.05, 4.69) is 24.5 Å². The van der Waals surface area contributed by atoms with E-state index in [0.29, 0.717) is 12.5 Å². The number of unbranched alkanes of at least 4 members (excludes halogenated alkanes) is 1. The van der Waals surface area contributed by atoms with Crippen molar-refractivity contribution in [2.75, 3.05) is 13.1 Å². The Morgan fingerprint density at radius 1 is 1.44 bits per heavy atom. The summed E-state index contributed by atoms with van der Waals surface area (Å²) in [6, 6.07) is 0.427. The summed E-state index contributed by atoms with van der Waals surface area (Å²) in [6.07, 6.45) is 6.62. The van der Waals surface area contributed by atoms with Crippen molar-refractivity contribution in [2.24, 2.45) is 5.92 Å². The number of hydrogen-bond acceptors (Lipinski definition) is 2. The first-order valence-corrected chi connectivity index (χ1v) is 6.68. The summed E-state index contributed by atoms with van der Waals surface area (Å²) >= 11 is 0. The zero-order valence-electron chi connectivity index (χ0n) is 10.7. The number of carbonyl (C=O) groups is 1. The topological polar surface area (TPSA) is 41.1 Å². The van der Waals surface area contributed by atoms with Gasteiger partial charge in [0.1, 0.15) is 0 Å². The van der Waals surface area contributed by atoms with Crippen molar-refractivity contribution in [3.05, 3.63) is 0 Å². The standard InChI is InChI=1S/C13H26N2O/c1-11(2)6-3-4-8-15-13(16)10-12-7-5-9-14-12/h11-12,14H,3-10H2,1-2H3,(H,15,16). The molecular formula is C13H26N2O. The van der Waals surface area contributed by atoms with Crippen molar-refractivity contribution in [3.63, 3.8) is 0 Å². The summed E-state index contributed by atoms with van der Waals surface area (Å²) in [7, 11) is 0. The SMILES string of the molecule is CC(C)CCCCNC(=O)CC1CCCN1. The van der Waals surface area contributed by atoms with Crippen molar-refractivity contribution < 1.29 is 4.79 Å². The van der Waals surface area contributed by atoms with Crippen LogP contribution in [0.15, 0.2) is 0 Å². The van der Waals surface area contributed by atoms with E-state index in [1.54, 1.807) is 0 Å². The first kappa shape index (κ1) is 13.5. The quantitative estimate of drug-likeness (QED) is 0.653. The maximum absolute atomic E-state index is 11.5. The summed E-state index contributed by atoms with van der Waals surface area (Å²) < 4.78 is 0. The van der Waals surface area contributed by atoms with Crippen LogP contribution >= 0.6 is 0 Å². The van der Waals surface area contributed by atoms with Gasteiger partial charge in [0.05, 0.1) is 0 Å². The minimum atomic E-state index is 0.212. The molecule has 1 fully saturated rings. The summed E-state index contributed by atoms with van der Waals surface area (Å²) in [5.41, 5.74) is 0. The molecule has 0 aromatic heterocycles. The lowest BCUT2D eigenvalue weighted by atomic mass is 10.1. The summed E-state index contributed by atoms with van der Waals surface area (Å²) in [4.78, 5) is 11.5. The van der Waals surface area contributed by atoms with Crippen LogP contribution in [0.2, 0.25) is 0 Å². The number of nitrogens with one attached hydrogen (secondary N) is 2. The van der Waals surface area contributed by atoms with Crippen LogP contribution in [-0.2, 0) is 4.79 Å². The normalized spacial score (nSPS) is 20.3. The van der Waals surface area contributed by atoms with Gasteiger partial charge in [0.15, 0.2) is 0 Å². The zero-order chi connectivity index (χ0) is 11.8. The fourth-order valence-corrected chi connectivity index (χ4v) is 2.13. The molecule has 1 amide bonds. The lowest BCUT2D eigenvalue weighted by molar-refractivity contribution is -0.121. The molecule has 0 bridgehead atoms. The van der Waals surface area contributed by atoms with E-state index in [1.807, 2.05) is 0 Å². The second kappa shape index (κ2) is 7.66. The van der Waals surface area contributed by atoms with Gasteiger partial charge in [-0.15, -0.1) is 0 Å². The van der Waals surface area contributed by atoms with Crippen molar-refractivity contribution >= 4 is 5.91 Å². The van der Waals surface area contributed by atoms with Crippen LogP contribution in [0.4, 0.5) is 0 Å². The predicted octanol–water partition coefficient (Wildman–Crippen LogP) is 2.07. The highest BCUT2D eigenvalue weighted by Gasteiger charge is 2.16. The molecule has 1 aliphatic heterocycles. The Bertz CT molecular complexity index is 198. The molecule has 0 aromatic carbocycles. The number of amides is 1. The Balaban J connectivity index is 1.93. The van der Waals surface area contributed by atoms with Gasteiger partial charge in [0.2, 0.25) is 5.91 Å². The molecule has 0 saturated carbocycles. The lowest BCUT2D eigenvalue weighted by Gasteiger charge is -2.10. The van der Waals surface area contributed by atoms with Crippen molar-refractivity contribution in [1.82, 2.24) is 10.6 Å². The van der Waals surface area contributed by atoms with Gasteiger partial charge in [0, 0.05) is 19.0 Å². The third-order valence-corrected chi connectivity index (χ3v) is 3.12. The second-order valence-electron chi connectivity index (χ2n) is 5.24. The molecule has 2 N–H and O–H groups in total. The molecule has 0 aromatic rings. The molecule has 3 heteroatoms. The molecule has 1 atom stereocenters. The highest BCUT2D eigenvalue weighted by atomic mass is 16.1. The van der Waals surface area contributed by atoms with Crippen LogP contribution < -0.4 is 10.6 Å². The minimum Gasteiger partial charge on any atom is -0.356 e. The number of hydrogen-bond donors (Lipinski definition) is 2. The van der Waals surface area contributed by atoms with Gasteiger partial charge in [0.25, 0.3) is 0 Å². The highest BCUT2D eigenvalue weighted by Crippen LogP contribution is 2.08. The van der Waals surface area contributed by atoms with Crippen LogP contribution in [0.5, 0.6) is 0 Å². The van der Waals surface area contributed by atoms with Crippen molar-refractivity contribution in [3.8, 4) is 0 Å². The molecule has 1 saturated heterocycles. The molecule has 94 valence electrons.